The fourth-order valence-corrected chi connectivity index (χ4v) is 4.17. The number of likely N-dealkylation sites (tertiary alicyclic amines) is 1. The highest BCUT2D eigenvalue weighted by atomic mass is 32.2. The number of furan rings is 1. The van der Waals surface area contributed by atoms with Crippen molar-refractivity contribution in [2.45, 2.75) is 30.2 Å². The average Bonchev–Trinajstić information content (AvgIpc) is 3.23. The number of rotatable bonds is 8. The molecular formula is C18H24N4O5S. The maximum absolute atomic E-state index is 11.9. The van der Waals surface area contributed by atoms with Crippen LogP contribution in [0.5, 0.6) is 0 Å². The Labute approximate surface area is 163 Å². The number of nitrogens with zero attached hydrogens (tertiary/aromatic N) is 2. The average molecular weight is 408 g/mol. The summed E-state index contributed by atoms with van der Waals surface area (Å²) >= 11 is 0. The van der Waals surface area contributed by atoms with E-state index in [-0.39, 0.29) is 22.3 Å². The minimum absolute atomic E-state index is 0.0596. The van der Waals surface area contributed by atoms with Crippen molar-refractivity contribution in [3.63, 3.8) is 0 Å². The van der Waals surface area contributed by atoms with Gasteiger partial charge in [-0.1, -0.05) is 6.42 Å². The van der Waals surface area contributed by atoms with E-state index in [4.69, 9.17) is 4.42 Å². The number of hydrogen-bond acceptors (Lipinski definition) is 7. The topological polar surface area (TPSA) is 118 Å². The molecule has 1 aliphatic rings. The lowest BCUT2D eigenvalue weighted by Crippen LogP contribution is -2.37. The van der Waals surface area contributed by atoms with E-state index in [1.165, 1.54) is 25.6 Å². The number of anilines is 1. The van der Waals surface area contributed by atoms with Gasteiger partial charge in [0.05, 0.1) is 22.1 Å². The van der Waals surface area contributed by atoms with Gasteiger partial charge >= 0.3 is 0 Å². The number of hydrogen-bond donors (Lipinski definition) is 2. The van der Waals surface area contributed by atoms with E-state index in [9.17, 15) is 18.5 Å². The molecule has 1 aliphatic heterocycles. The summed E-state index contributed by atoms with van der Waals surface area (Å²) in [7, 11) is -2.50. The molecule has 2 N–H and O–H groups in total. The minimum Gasteiger partial charge on any atom is -0.468 e. The largest absolute Gasteiger partial charge is 0.468 e. The Kier molecular flexibility index (Phi) is 6.32. The molecule has 9 nitrogen and oxygen atoms in total. The highest BCUT2D eigenvalue weighted by Gasteiger charge is 2.26. The molecule has 10 heteroatoms. The van der Waals surface area contributed by atoms with Gasteiger partial charge in [0.2, 0.25) is 10.0 Å². The van der Waals surface area contributed by atoms with E-state index < -0.39 is 14.9 Å². The first kappa shape index (κ1) is 20.3. The van der Waals surface area contributed by atoms with E-state index >= 15 is 0 Å². The number of benzene rings is 1. The molecule has 0 bridgehead atoms. The first-order valence-electron chi connectivity index (χ1n) is 9.15. The van der Waals surface area contributed by atoms with Crippen LogP contribution in [0.4, 0.5) is 11.4 Å². The van der Waals surface area contributed by atoms with Gasteiger partial charge in [0, 0.05) is 12.6 Å². The molecule has 2 heterocycles. The molecule has 1 fully saturated rings. The minimum atomic E-state index is -3.76. The van der Waals surface area contributed by atoms with E-state index in [0.717, 1.165) is 37.8 Å². The van der Waals surface area contributed by atoms with Crippen molar-refractivity contribution in [2.75, 3.05) is 32.0 Å². The van der Waals surface area contributed by atoms with Crippen LogP contribution >= 0.6 is 0 Å². The zero-order valence-corrected chi connectivity index (χ0v) is 16.4. The van der Waals surface area contributed by atoms with Crippen LogP contribution in [0.2, 0.25) is 0 Å². The quantitative estimate of drug-likeness (QED) is 0.509. The van der Waals surface area contributed by atoms with Crippen LogP contribution in [-0.2, 0) is 10.0 Å². The lowest BCUT2D eigenvalue weighted by atomic mass is 10.1. The van der Waals surface area contributed by atoms with Crippen molar-refractivity contribution in [3.8, 4) is 0 Å². The smallest absolute Gasteiger partial charge is 0.293 e. The lowest BCUT2D eigenvalue weighted by molar-refractivity contribution is -0.384. The van der Waals surface area contributed by atoms with Gasteiger partial charge < -0.3 is 9.73 Å². The molecule has 2 aromatic rings. The molecule has 1 aromatic heterocycles. The molecule has 0 spiro atoms. The molecule has 1 saturated heterocycles. The second-order valence-electron chi connectivity index (χ2n) is 6.65. The lowest BCUT2D eigenvalue weighted by Gasteiger charge is -2.33. The van der Waals surface area contributed by atoms with Crippen LogP contribution < -0.4 is 10.0 Å². The SMILES string of the molecule is CNS(=O)(=O)c1ccc(NC[C@H](c2ccco2)N2CCCCC2)c([N+](=O)[O-])c1. The maximum Gasteiger partial charge on any atom is 0.293 e. The van der Waals surface area contributed by atoms with Crippen molar-refractivity contribution in [1.29, 1.82) is 0 Å². The van der Waals surface area contributed by atoms with Crippen molar-refractivity contribution in [2.24, 2.45) is 0 Å². The highest BCUT2D eigenvalue weighted by Crippen LogP contribution is 2.30. The summed E-state index contributed by atoms with van der Waals surface area (Å²) < 4.78 is 31.6. The Morgan fingerprint density at radius 3 is 2.61 bits per heavy atom. The zero-order valence-electron chi connectivity index (χ0n) is 15.6. The Bertz CT molecular complexity index is 908. The zero-order chi connectivity index (χ0) is 20.1. The van der Waals surface area contributed by atoms with Gasteiger partial charge in [-0.15, -0.1) is 0 Å². The summed E-state index contributed by atoms with van der Waals surface area (Å²) in [5, 5.41) is 14.6. The normalized spacial score (nSPS) is 16.6. The second kappa shape index (κ2) is 8.72. The van der Waals surface area contributed by atoms with Gasteiger partial charge in [0.15, 0.2) is 0 Å². The molecule has 1 atom stereocenters. The molecule has 0 unspecified atom stereocenters. The van der Waals surface area contributed by atoms with Crippen molar-refractivity contribution in [3.05, 3.63) is 52.5 Å². The molecule has 0 amide bonds. The standard InChI is InChI=1S/C18H24N4O5S/c1-19-28(25,26)14-7-8-15(16(12-14)22(23)24)20-13-17(18-6-5-11-27-18)21-9-3-2-4-10-21/h5-8,11-12,17,19-20H,2-4,9-10,13H2,1H3/t17-/m1/s1. The monoisotopic (exact) mass is 408 g/mol. The van der Waals surface area contributed by atoms with Crippen LogP contribution in [0, 0.1) is 10.1 Å². The summed E-state index contributed by atoms with van der Waals surface area (Å²) in [6.45, 7) is 2.29. The summed E-state index contributed by atoms with van der Waals surface area (Å²) in [5.74, 6) is 0.798. The second-order valence-corrected chi connectivity index (χ2v) is 8.54. The van der Waals surface area contributed by atoms with Crippen LogP contribution in [0.3, 0.4) is 0 Å². The van der Waals surface area contributed by atoms with Gasteiger partial charge in [0.1, 0.15) is 11.4 Å². The fourth-order valence-electron chi connectivity index (χ4n) is 3.42. The Hall–Kier alpha value is -2.43. The van der Waals surface area contributed by atoms with Gasteiger partial charge in [-0.05, 0) is 57.2 Å². The predicted octanol–water partition coefficient (Wildman–Crippen LogP) is 2.74. The van der Waals surface area contributed by atoms with Crippen molar-refractivity contribution < 1.29 is 17.8 Å². The molecular weight excluding hydrogens is 384 g/mol. The third kappa shape index (κ3) is 4.51. The van der Waals surface area contributed by atoms with Gasteiger partial charge in [-0.2, -0.15) is 0 Å². The van der Waals surface area contributed by atoms with E-state index in [0.29, 0.717) is 6.54 Å². The van der Waals surface area contributed by atoms with Crippen LogP contribution in [0.25, 0.3) is 0 Å². The Morgan fingerprint density at radius 1 is 1.25 bits per heavy atom. The molecule has 152 valence electrons. The molecule has 1 aromatic carbocycles. The van der Waals surface area contributed by atoms with Gasteiger partial charge in [-0.3, -0.25) is 15.0 Å². The predicted molar refractivity (Wildman–Crippen MR) is 105 cm³/mol. The summed E-state index contributed by atoms with van der Waals surface area (Å²) in [6, 6.07) is 7.51. The van der Waals surface area contributed by atoms with Gasteiger partial charge in [0.25, 0.3) is 5.69 Å². The van der Waals surface area contributed by atoms with E-state index in [2.05, 4.69) is 14.9 Å². The number of nitro benzene ring substituents is 1. The summed E-state index contributed by atoms with van der Waals surface area (Å²) in [5.41, 5.74) is -0.0122. The molecule has 28 heavy (non-hydrogen) atoms. The maximum atomic E-state index is 11.9. The van der Waals surface area contributed by atoms with E-state index in [1.807, 2.05) is 12.1 Å². The number of piperidine rings is 1. The Balaban J connectivity index is 1.84. The first-order chi connectivity index (χ1) is 13.4. The first-order valence-corrected chi connectivity index (χ1v) is 10.6. The number of nitro groups is 1. The molecule has 3 rings (SSSR count). The third-order valence-corrected chi connectivity index (χ3v) is 6.35. The fraction of sp³-hybridized carbons (Fsp3) is 0.444. The summed E-state index contributed by atoms with van der Waals surface area (Å²) in [6.07, 6.45) is 5.02. The Morgan fingerprint density at radius 2 is 2.00 bits per heavy atom. The van der Waals surface area contributed by atoms with Crippen molar-refractivity contribution in [1.82, 2.24) is 9.62 Å². The molecule has 0 aliphatic carbocycles. The summed E-state index contributed by atoms with van der Waals surface area (Å²) in [4.78, 5) is 13.1. The molecule has 0 radical (unpaired) electrons. The number of nitrogens with one attached hydrogen (secondary N) is 2. The van der Waals surface area contributed by atoms with Crippen molar-refractivity contribution >= 4 is 21.4 Å². The number of sulfonamides is 1. The van der Waals surface area contributed by atoms with Crippen LogP contribution in [0.15, 0.2) is 45.9 Å². The molecule has 0 saturated carbocycles. The van der Waals surface area contributed by atoms with Crippen LogP contribution in [0.1, 0.15) is 31.1 Å². The van der Waals surface area contributed by atoms with E-state index in [1.54, 1.807) is 6.26 Å². The third-order valence-electron chi connectivity index (χ3n) is 4.93. The van der Waals surface area contributed by atoms with Gasteiger partial charge in [-0.25, -0.2) is 13.1 Å². The van der Waals surface area contributed by atoms with Crippen LogP contribution in [-0.4, -0.2) is 44.9 Å². The highest BCUT2D eigenvalue weighted by molar-refractivity contribution is 7.89.